The van der Waals surface area contributed by atoms with Crippen molar-refractivity contribution in [3.63, 3.8) is 0 Å². The van der Waals surface area contributed by atoms with E-state index < -0.39 is 17.9 Å². The van der Waals surface area contributed by atoms with Crippen LogP contribution in [0.1, 0.15) is 12.6 Å². The Labute approximate surface area is 169 Å². The summed E-state index contributed by atoms with van der Waals surface area (Å²) < 4.78 is 0.922. The summed E-state index contributed by atoms with van der Waals surface area (Å²) in [5, 5.41) is 14.4. The molecule has 1 radical (unpaired) electrons. The van der Waals surface area contributed by atoms with Crippen molar-refractivity contribution in [2.75, 3.05) is 5.75 Å². The maximum absolute atomic E-state index is 11.1. The Bertz CT molecular complexity index is 742. The number of carbonyl (C=O) groups is 2. The van der Waals surface area contributed by atoms with Crippen LogP contribution in [0.5, 0.6) is 0 Å². The average Bonchev–Trinajstić information content (AvgIpc) is 2.43. The number of hydrogen-bond donors (Lipinski definition) is 1. The average molecular weight is 405 g/mol. The molecule has 1 unspecified atom stereocenters. The molecule has 8 heteroatoms. The fourth-order valence-electron chi connectivity index (χ4n) is 2.00. The molecule has 0 saturated carbocycles. The summed E-state index contributed by atoms with van der Waals surface area (Å²) in [7, 11) is 0. The quantitative estimate of drug-likeness (QED) is 0.599. The van der Waals surface area contributed by atoms with Crippen molar-refractivity contribution in [2.45, 2.75) is 24.8 Å². The van der Waals surface area contributed by atoms with Gasteiger partial charge in [0.2, 0.25) is 5.91 Å². The van der Waals surface area contributed by atoms with E-state index in [1.807, 2.05) is 31.2 Å². The third-order valence-corrected chi connectivity index (χ3v) is 4.57. The van der Waals surface area contributed by atoms with Gasteiger partial charge >= 0.3 is 0 Å². The molecule has 1 N–H and O–H groups in total. The summed E-state index contributed by atoms with van der Waals surface area (Å²) in [6.07, 6.45) is 0. The Kier molecular flexibility index (Phi) is 8.03. The molecular formula is C15H14BrN2NaO3S-. The predicted molar refractivity (Wildman–Crippen MR) is 93.3 cm³/mol. The van der Waals surface area contributed by atoms with Crippen molar-refractivity contribution in [3.8, 4) is 0 Å². The Balaban J connectivity index is 0.00000264. The SMILES string of the molecule is CC(=O)NC(CSc1cc(C)nc2ccc(Br)cc12)C(=O)[O-].[Na]. The number of aromatic nitrogens is 1. The van der Waals surface area contributed by atoms with Gasteiger partial charge in [0.05, 0.1) is 17.5 Å². The summed E-state index contributed by atoms with van der Waals surface area (Å²) >= 11 is 4.78. The Hall–Kier alpha value is -0.600. The number of nitrogens with one attached hydrogen (secondary N) is 1. The second kappa shape index (κ2) is 9.03. The molecule has 0 saturated heterocycles. The molecule has 23 heavy (non-hydrogen) atoms. The molecule has 0 aliphatic rings. The van der Waals surface area contributed by atoms with Gasteiger partial charge in [0, 0.05) is 62.7 Å². The molecule has 117 valence electrons. The summed E-state index contributed by atoms with van der Waals surface area (Å²) in [6.45, 7) is 3.17. The van der Waals surface area contributed by atoms with Crippen LogP contribution in [0.3, 0.4) is 0 Å². The first kappa shape index (κ1) is 20.4. The molecule has 2 rings (SSSR count). The van der Waals surface area contributed by atoms with E-state index in [1.54, 1.807) is 0 Å². The number of thioether (sulfide) groups is 1. The Morgan fingerprint density at radius 1 is 1.39 bits per heavy atom. The number of fused-ring (bicyclic) bond motifs is 1. The fraction of sp³-hybridized carbons (Fsp3) is 0.267. The maximum atomic E-state index is 11.1. The number of aliphatic carboxylic acids is 1. The number of hydrogen-bond acceptors (Lipinski definition) is 5. The first-order chi connectivity index (χ1) is 10.4. The zero-order chi connectivity index (χ0) is 16.3. The minimum absolute atomic E-state index is 0. The Morgan fingerprint density at radius 3 is 2.70 bits per heavy atom. The van der Waals surface area contributed by atoms with E-state index in [0.717, 1.165) is 26.0 Å². The van der Waals surface area contributed by atoms with Crippen molar-refractivity contribution in [1.82, 2.24) is 10.3 Å². The van der Waals surface area contributed by atoms with Gasteiger partial charge in [-0.05, 0) is 31.2 Å². The summed E-state index contributed by atoms with van der Waals surface area (Å²) in [6, 6.07) is 6.62. The minimum atomic E-state index is -1.29. The van der Waals surface area contributed by atoms with Gasteiger partial charge in [0.1, 0.15) is 0 Å². The summed E-state index contributed by atoms with van der Waals surface area (Å²) in [5.74, 6) is -1.50. The van der Waals surface area contributed by atoms with Crippen molar-refractivity contribution < 1.29 is 14.7 Å². The van der Waals surface area contributed by atoms with E-state index in [-0.39, 0.29) is 35.3 Å². The molecule has 2 aromatic rings. The number of rotatable bonds is 5. The van der Waals surface area contributed by atoms with E-state index in [1.165, 1.54) is 18.7 Å². The van der Waals surface area contributed by atoms with Gasteiger partial charge < -0.3 is 15.2 Å². The van der Waals surface area contributed by atoms with E-state index >= 15 is 0 Å². The minimum Gasteiger partial charge on any atom is -0.548 e. The van der Waals surface area contributed by atoms with Crippen LogP contribution in [0.25, 0.3) is 10.9 Å². The molecule has 0 fully saturated rings. The van der Waals surface area contributed by atoms with E-state index in [4.69, 9.17) is 0 Å². The van der Waals surface area contributed by atoms with Crippen LogP contribution < -0.4 is 10.4 Å². The summed E-state index contributed by atoms with van der Waals surface area (Å²) in [4.78, 5) is 27.5. The van der Waals surface area contributed by atoms with Crippen molar-refractivity contribution in [2.24, 2.45) is 0 Å². The number of benzene rings is 1. The van der Waals surface area contributed by atoms with Crippen molar-refractivity contribution in [1.29, 1.82) is 0 Å². The van der Waals surface area contributed by atoms with Crippen LogP contribution in [-0.2, 0) is 9.59 Å². The van der Waals surface area contributed by atoms with Crippen LogP contribution in [0, 0.1) is 6.92 Å². The maximum Gasteiger partial charge on any atom is 0.217 e. The fourth-order valence-corrected chi connectivity index (χ4v) is 3.50. The molecule has 0 aliphatic heterocycles. The third-order valence-electron chi connectivity index (χ3n) is 2.93. The van der Waals surface area contributed by atoms with Crippen molar-refractivity contribution >= 4 is 80.0 Å². The van der Waals surface area contributed by atoms with Crippen LogP contribution in [0.15, 0.2) is 33.6 Å². The molecule has 1 amide bonds. The van der Waals surface area contributed by atoms with Crippen LogP contribution in [-0.4, -0.2) is 58.2 Å². The summed E-state index contributed by atoms with van der Waals surface area (Å²) in [5.41, 5.74) is 1.69. The van der Waals surface area contributed by atoms with Gasteiger partial charge in [-0.3, -0.25) is 9.78 Å². The largest absolute Gasteiger partial charge is 0.548 e. The van der Waals surface area contributed by atoms with Crippen molar-refractivity contribution in [3.05, 3.63) is 34.4 Å². The molecular weight excluding hydrogens is 391 g/mol. The molecule has 1 atom stereocenters. The van der Waals surface area contributed by atoms with Gasteiger partial charge in [-0.2, -0.15) is 0 Å². The van der Waals surface area contributed by atoms with E-state index in [0.29, 0.717) is 0 Å². The molecule has 0 spiro atoms. The number of amides is 1. The number of carbonyl (C=O) groups excluding carboxylic acids is 2. The topological polar surface area (TPSA) is 82.1 Å². The number of carboxylic acids is 1. The van der Waals surface area contributed by atoms with Gasteiger partial charge in [0.25, 0.3) is 0 Å². The standard InChI is InChI=1S/C15H15BrN2O3S.Na/c1-8-5-14(11-6-10(16)3-4-12(11)17-8)22-7-13(15(20)21)18-9(2)19;/h3-6,13H,7H2,1-2H3,(H,18,19)(H,20,21);/p-1. The van der Waals surface area contributed by atoms with Gasteiger partial charge in [-0.1, -0.05) is 15.9 Å². The number of nitrogens with zero attached hydrogens (tertiary/aromatic N) is 1. The molecule has 0 aliphatic carbocycles. The molecule has 5 nitrogen and oxygen atoms in total. The van der Waals surface area contributed by atoms with Gasteiger partial charge in [-0.25, -0.2) is 0 Å². The third kappa shape index (κ3) is 5.76. The van der Waals surface area contributed by atoms with E-state index in [9.17, 15) is 14.7 Å². The zero-order valence-electron chi connectivity index (χ0n) is 13.1. The smallest absolute Gasteiger partial charge is 0.217 e. The number of carboxylic acid groups (broad SMARTS) is 1. The molecule has 1 aromatic heterocycles. The molecule has 0 bridgehead atoms. The van der Waals surface area contributed by atoms with Gasteiger partial charge in [-0.15, -0.1) is 11.8 Å². The first-order valence-corrected chi connectivity index (χ1v) is 8.32. The first-order valence-electron chi connectivity index (χ1n) is 6.54. The number of halogens is 1. The van der Waals surface area contributed by atoms with Crippen LogP contribution in [0.4, 0.5) is 0 Å². The second-order valence-corrected chi connectivity index (χ2v) is 6.78. The normalized spacial score (nSPS) is 11.6. The van der Waals surface area contributed by atoms with Crippen LogP contribution >= 0.6 is 27.7 Å². The Morgan fingerprint density at radius 2 is 2.09 bits per heavy atom. The molecule has 1 heterocycles. The molecule has 1 aromatic carbocycles. The van der Waals surface area contributed by atoms with Gasteiger partial charge in [0.15, 0.2) is 0 Å². The van der Waals surface area contributed by atoms with Crippen LogP contribution in [0.2, 0.25) is 0 Å². The zero-order valence-corrected chi connectivity index (χ0v) is 17.5. The number of pyridine rings is 1. The second-order valence-electron chi connectivity index (χ2n) is 4.81. The van der Waals surface area contributed by atoms with E-state index in [2.05, 4.69) is 26.2 Å². The monoisotopic (exact) mass is 404 g/mol. The predicted octanol–water partition coefficient (Wildman–Crippen LogP) is 1.27. The number of aryl methyl sites for hydroxylation is 1.